The average molecular weight is 353 g/mol. The van der Waals surface area contributed by atoms with E-state index >= 15 is 0 Å². The fourth-order valence-electron chi connectivity index (χ4n) is 1.77. The lowest BCUT2D eigenvalue weighted by Gasteiger charge is -2.17. The van der Waals surface area contributed by atoms with Crippen LogP contribution in [0, 0.1) is 5.82 Å². The standard InChI is InChI=1S/C15H14BrFN2S/c1-10(11-5-3-2-4-6-11)18-15(20)19-14-8-7-12(16)9-13(14)17/h2-10H,1H3,(H2,18,19,20). The smallest absolute Gasteiger partial charge is 0.171 e. The van der Waals surface area contributed by atoms with Crippen LogP contribution in [0.25, 0.3) is 0 Å². The molecule has 2 rings (SSSR count). The molecule has 0 aromatic heterocycles. The van der Waals surface area contributed by atoms with Gasteiger partial charge in [-0.1, -0.05) is 46.3 Å². The quantitative estimate of drug-likeness (QED) is 0.787. The van der Waals surface area contributed by atoms with Crippen LogP contribution >= 0.6 is 28.1 Å². The Labute approximate surface area is 131 Å². The van der Waals surface area contributed by atoms with Gasteiger partial charge in [0, 0.05) is 4.47 Å². The van der Waals surface area contributed by atoms with E-state index in [-0.39, 0.29) is 11.9 Å². The van der Waals surface area contributed by atoms with Crippen molar-refractivity contribution in [1.82, 2.24) is 5.32 Å². The number of thiocarbonyl (C=S) groups is 1. The highest BCUT2D eigenvalue weighted by atomic mass is 79.9. The molecule has 0 saturated heterocycles. The fourth-order valence-corrected chi connectivity index (χ4v) is 2.39. The van der Waals surface area contributed by atoms with E-state index in [2.05, 4.69) is 26.6 Å². The van der Waals surface area contributed by atoms with Crippen LogP contribution < -0.4 is 10.6 Å². The van der Waals surface area contributed by atoms with Crippen molar-refractivity contribution in [2.24, 2.45) is 0 Å². The van der Waals surface area contributed by atoms with E-state index in [1.54, 1.807) is 12.1 Å². The molecule has 5 heteroatoms. The van der Waals surface area contributed by atoms with Crippen molar-refractivity contribution in [2.75, 3.05) is 5.32 Å². The molecule has 2 nitrogen and oxygen atoms in total. The zero-order valence-electron chi connectivity index (χ0n) is 10.9. The van der Waals surface area contributed by atoms with Crippen LogP contribution in [-0.4, -0.2) is 5.11 Å². The molecular weight excluding hydrogens is 339 g/mol. The first-order chi connectivity index (χ1) is 9.56. The summed E-state index contributed by atoms with van der Waals surface area (Å²) in [6.07, 6.45) is 0. The molecule has 0 amide bonds. The SMILES string of the molecule is CC(NC(=S)Nc1ccc(Br)cc1F)c1ccccc1. The summed E-state index contributed by atoms with van der Waals surface area (Å²) in [5.74, 6) is -0.351. The number of halogens is 2. The minimum Gasteiger partial charge on any atom is -0.356 e. The molecule has 0 heterocycles. The maximum atomic E-state index is 13.7. The summed E-state index contributed by atoms with van der Waals surface area (Å²) >= 11 is 8.42. The Kier molecular flexibility index (Phi) is 5.09. The lowest BCUT2D eigenvalue weighted by Crippen LogP contribution is -2.31. The van der Waals surface area contributed by atoms with Gasteiger partial charge in [-0.2, -0.15) is 0 Å². The Morgan fingerprint density at radius 3 is 2.55 bits per heavy atom. The van der Waals surface area contributed by atoms with E-state index < -0.39 is 0 Å². The van der Waals surface area contributed by atoms with Gasteiger partial charge in [-0.25, -0.2) is 4.39 Å². The van der Waals surface area contributed by atoms with E-state index in [0.29, 0.717) is 15.3 Å². The molecule has 1 atom stereocenters. The van der Waals surface area contributed by atoms with Crippen molar-refractivity contribution < 1.29 is 4.39 Å². The average Bonchev–Trinajstić information content (AvgIpc) is 2.43. The van der Waals surface area contributed by atoms with Crippen molar-refractivity contribution in [3.05, 3.63) is 64.4 Å². The van der Waals surface area contributed by atoms with Gasteiger partial charge in [0.15, 0.2) is 5.11 Å². The van der Waals surface area contributed by atoms with Crippen molar-refractivity contribution in [1.29, 1.82) is 0 Å². The molecule has 0 aliphatic carbocycles. The molecular formula is C15H14BrFN2S. The van der Waals surface area contributed by atoms with E-state index in [1.165, 1.54) is 6.07 Å². The number of nitrogens with one attached hydrogen (secondary N) is 2. The topological polar surface area (TPSA) is 24.1 Å². The van der Waals surface area contributed by atoms with E-state index in [1.807, 2.05) is 37.3 Å². The summed E-state index contributed by atoms with van der Waals surface area (Å²) in [5, 5.41) is 6.38. The molecule has 104 valence electrons. The number of rotatable bonds is 3. The van der Waals surface area contributed by atoms with Crippen molar-refractivity contribution in [2.45, 2.75) is 13.0 Å². The summed E-state index contributed by atoms with van der Waals surface area (Å²) in [5.41, 5.74) is 1.47. The number of anilines is 1. The zero-order valence-corrected chi connectivity index (χ0v) is 13.3. The molecule has 0 aliphatic heterocycles. The van der Waals surface area contributed by atoms with Crippen molar-refractivity contribution >= 4 is 38.9 Å². The third-order valence-electron chi connectivity index (χ3n) is 2.83. The lowest BCUT2D eigenvalue weighted by molar-refractivity contribution is 0.631. The Balaban J connectivity index is 1.99. The third-order valence-corrected chi connectivity index (χ3v) is 3.54. The van der Waals surface area contributed by atoms with Gasteiger partial charge in [0.05, 0.1) is 11.7 Å². The largest absolute Gasteiger partial charge is 0.356 e. The minimum absolute atomic E-state index is 0.0507. The van der Waals surface area contributed by atoms with Gasteiger partial charge in [0.25, 0.3) is 0 Å². The fraction of sp³-hybridized carbons (Fsp3) is 0.133. The summed E-state index contributed by atoms with van der Waals surface area (Å²) in [4.78, 5) is 0. The monoisotopic (exact) mass is 352 g/mol. The van der Waals surface area contributed by atoms with Crippen LogP contribution in [0.4, 0.5) is 10.1 Å². The first kappa shape index (κ1) is 14.9. The summed E-state index contributed by atoms with van der Waals surface area (Å²) in [6.45, 7) is 2.00. The van der Waals surface area contributed by atoms with Gasteiger partial charge in [-0.05, 0) is 42.9 Å². The number of hydrogen-bond acceptors (Lipinski definition) is 1. The normalized spacial score (nSPS) is 11.8. The zero-order chi connectivity index (χ0) is 14.5. The van der Waals surface area contributed by atoms with Crippen LogP contribution in [-0.2, 0) is 0 Å². The molecule has 0 fully saturated rings. The summed E-state index contributed by atoms with van der Waals surface area (Å²) < 4.78 is 14.4. The lowest BCUT2D eigenvalue weighted by atomic mass is 10.1. The van der Waals surface area contributed by atoms with Crippen molar-refractivity contribution in [3.8, 4) is 0 Å². The molecule has 2 aromatic carbocycles. The Morgan fingerprint density at radius 2 is 1.90 bits per heavy atom. The highest BCUT2D eigenvalue weighted by Crippen LogP contribution is 2.19. The third kappa shape index (κ3) is 4.02. The molecule has 1 unspecified atom stereocenters. The van der Waals surface area contributed by atoms with E-state index in [4.69, 9.17) is 12.2 Å². The van der Waals surface area contributed by atoms with Gasteiger partial charge < -0.3 is 10.6 Å². The van der Waals surface area contributed by atoms with Crippen LogP contribution in [0.5, 0.6) is 0 Å². The van der Waals surface area contributed by atoms with E-state index in [0.717, 1.165) is 5.56 Å². The maximum Gasteiger partial charge on any atom is 0.171 e. The molecule has 0 aliphatic rings. The molecule has 20 heavy (non-hydrogen) atoms. The second-order valence-electron chi connectivity index (χ2n) is 4.36. The van der Waals surface area contributed by atoms with Gasteiger partial charge in [0.1, 0.15) is 5.82 Å². The number of hydrogen-bond donors (Lipinski definition) is 2. The molecule has 0 bridgehead atoms. The van der Waals surface area contributed by atoms with E-state index in [9.17, 15) is 4.39 Å². The molecule has 2 aromatic rings. The predicted molar refractivity (Wildman–Crippen MR) is 88.3 cm³/mol. The van der Waals surface area contributed by atoms with Crippen LogP contribution in [0.2, 0.25) is 0 Å². The maximum absolute atomic E-state index is 13.7. The number of benzene rings is 2. The molecule has 0 radical (unpaired) electrons. The summed E-state index contributed by atoms with van der Waals surface area (Å²) in [6, 6.07) is 14.8. The van der Waals surface area contributed by atoms with Gasteiger partial charge in [0.2, 0.25) is 0 Å². The minimum atomic E-state index is -0.351. The second kappa shape index (κ2) is 6.81. The predicted octanol–water partition coefficient (Wildman–Crippen LogP) is 4.64. The Morgan fingerprint density at radius 1 is 1.20 bits per heavy atom. The van der Waals surface area contributed by atoms with Gasteiger partial charge in [-0.15, -0.1) is 0 Å². The molecule has 0 spiro atoms. The highest BCUT2D eigenvalue weighted by Gasteiger charge is 2.08. The van der Waals surface area contributed by atoms with Crippen molar-refractivity contribution in [3.63, 3.8) is 0 Å². The first-order valence-corrected chi connectivity index (χ1v) is 7.34. The highest BCUT2D eigenvalue weighted by molar-refractivity contribution is 9.10. The van der Waals surface area contributed by atoms with Crippen LogP contribution in [0.15, 0.2) is 53.0 Å². The first-order valence-electron chi connectivity index (χ1n) is 6.14. The summed E-state index contributed by atoms with van der Waals surface area (Å²) in [7, 11) is 0. The Hall–Kier alpha value is -1.46. The van der Waals surface area contributed by atoms with Gasteiger partial charge >= 0.3 is 0 Å². The molecule has 0 saturated carbocycles. The van der Waals surface area contributed by atoms with Crippen LogP contribution in [0.1, 0.15) is 18.5 Å². The van der Waals surface area contributed by atoms with Crippen LogP contribution in [0.3, 0.4) is 0 Å². The molecule has 2 N–H and O–H groups in total. The second-order valence-corrected chi connectivity index (χ2v) is 5.68. The Bertz CT molecular complexity index is 604. The van der Waals surface area contributed by atoms with Gasteiger partial charge in [-0.3, -0.25) is 0 Å².